The van der Waals surface area contributed by atoms with Crippen LogP contribution in [0.5, 0.6) is 0 Å². The summed E-state index contributed by atoms with van der Waals surface area (Å²) in [6, 6.07) is 0. The maximum absolute atomic E-state index is 12.4. The highest BCUT2D eigenvalue weighted by Crippen LogP contribution is 2.34. The Hall–Kier alpha value is -1.94. The van der Waals surface area contributed by atoms with Crippen LogP contribution in [-0.4, -0.2) is 29.1 Å². The number of aliphatic hydroxyl groups is 1. The van der Waals surface area contributed by atoms with Crippen LogP contribution in [0.15, 0.2) is 47.6 Å². The highest BCUT2D eigenvalue weighted by atomic mass is 16.6. The summed E-state index contributed by atoms with van der Waals surface area (Å²) in [5.74, 6) is -0.461. The highest BCUT2D eigenvalue weighted by Gasteiger charge is 2.41. The number of ether oxygens (including phenoxy) is 1. The maximum Gasteiger partial charge on any atom is 0.313 e. The molecule has 0 spiro atoms. The largest absolute Gasteiger partial charge is 0.457 e. The smallest absolute Gasteiger partial charge is 0.313 e. The maximum atomic E-state index is 12.4. The summed E-state index contributed by atoms with van der Waals surface area (Å²) in [6.45, 7) is 13.5. The SMILES string of the molecule is CCCCC(C)C=CC=C(C)C1OC(=O)C(C=C(C)C=CC(O)C(C)C(C)=O)C1C. The van der Waals surface area contributed by atoms with E-state index < -0.39 is 12.0 Å². The lowest BCUT2D eigenvalue weighted by Gasteiger charge is -2.16. The lowest BCUT2D eigenvalue weighted by atomic mass is 9.87. The molecule has 0 bridgehead atoms. The molecule has 1 heterocycles. The Morgan fingerprint density at radius 1 is 1.20 bits per heavy atom. The van der Waals surface area contributed by atoms with E-state index in [0.717, 1.165) is 11.1 Å². The van der Waals surface area contributed by atoms with E-state index in [1.807, 2.05) is 26.8 Å². The van der Waals surface area contributed by atoms with E-state index in [4.69, 9.17) is 4.74 Å². The second-order valence-electron chi connectivity index (χ2n) is 8.82. The van der Waals surface area contributed by atoms with E-state index in [9.17, 15) is 14.7 Å². The van der Waals surface area contributed by atoms with Gasteiger partial charge in [0.05, 0.1) is 12.0 Å². The quantitative estimate of drug-likeness (QED) is 0.353. The third-order valence-corrected chi connectivity index (χ3v) is 5.97. The average molecular weight is 417 g/mol. The first-order chi connectivity index (χ1) is 14.1. The van der Waals surface area contributed by atoms with Crippen LogP contribution in [0.25, 0.3) is 0 Å². The molecule has 1 N–H and O–H groups in total. The minimum atomic E-state index is -0.830. The number of esters is 1. The standard InChI is InChI=1S/C26H40O4/c1-8-9-11-17(2)12-10-13-19(4)25-21(6)23(26(29)30-25)16-18(3)14-15-24(28)20(5)22(7)27/h10,12-17,20-21,23-25,28H,8-9,11H2,1-7H3. The molecule has 0 aliphatic carbocycles. The zero-order valence-corrected chi connectivity index (χ0v) is 19.7. The van der Waals surface area contributed by atoms with Crippen molar-refractivity contribution < 1.29 is 19.4 Å². The summed E-state index contributed by atoms with van der Waals surface area (Å²) in [4.78, 5) is 23.8. The van der Waals surface area contributed by atoms with Gasteiger partial charge < -0.3 is 9.84 Å². The van der Waals surface area contributed by atoms with Gasteiger partial charge in [0.15, 0.2) is 0 Å². The van der Waals surface area contributed by atoms with E-state index in [1.54, 1.807) is 19.1 Å². The van der Waals surface area contributed by atoms with Gasteiger partial charge in [-0.05, 0) is 38.7 Å². The van der Waals surface area contributed by atoms with Crippen molar-refractivity contribution in [3.63, 3.8) is 0 Å². The van der Waals surface area contributed by atoms with Crippen LogP contribution in [0.4, 0.5) is 0 Å². The molecule has 4 heteroatoms. The molecule has 1 aliphatic heterocycles. The molecule has 0 aromatic rings. The number of ketones is 1. The fourth-order valence-electron chi connectivity index (χ4n) is 3.55. The lowest BCUT2D eigenvalue weighted by Crippen LogP contribution is -2.21. The summed E-state index contributed by atoms with van der Waals surface area (Å²) < 4.78 is 5.66. The minimum Gasteiger partial charge on any atom is -0.457 e. The fourth-order valence-corrected chi connectivity index (χ4v) is 3.55. The van der Waals surface area contributed by atoms with Gasteiger partial charge in [-0.25, -0.2) is 0 Å². The van der Waals surface area contributed by atoms with E-state index in [2.05, 4.69) is 32.1 Å². The molecule has 168 valence electrons. The molecule has 1 aliphatic rings. The normalized spacial score (nSPS) is 26.3. The number of Topliss-reactive ketones (excluding diaryl/α,β-unsaturated/α-hetero) is 1. The molecule has 0 saturated carbocycles. The Morgan fingerprint density at radius 3 is 2.47 bits per heavy atom. The number of hydrogen-bond donors (Lipinski definition) is 1. The molecule has 0 aromatic heterocycles. The van der Waals surface area contributed by atoms with Gasteiger partial charge >= 0.3 is 5.97 Å². The monoisotopic (exact) mass is 416 g/mol. The van der Waals surface area contributed by atoms with Crippen LogP contribution < -0.4 is 0 Å². The number of rotatable bonds is 11. The van der Waals surface area contributed by atoms with Crippen molar-refractivity contribution in [1.82, 2.24) is 0 Å². The van der Waals surface area contributed by atoms with Crippen LogP contribution in [-0.2, 0) is 14.3 Å². The van der Waals surface area contributed by atoms with Gasteiger partial charge in [-0.1, -0.05) is 82.6 Å². The van der Waals surface area contributed by atoms with E-state index in [1.165, 1.54) is 26.2 Å². The van der Waals surface area contributed by atoms with Crippen molar-refractivity contribution in [2.45, 2.75) is 79.9 Å². The first kappa shape index (κ1) is 26.1. The summed E-state index contributed by atoms with van der Waals surface area (Å²) in [5.41, 5.74) is 1.91. The summed E-state index contributed by atoms with van der Waals surface area (Å²) in [5, 5.41) is 10.0. The third kappa shape index (κ3) is 8.06. The van der Waals surface area contributed by atoms with Crippen LogP contribution >= 0.6 is 0 Å². The van der Waals surface area contributed by atoms with Crippen LogP contribution in [0.2, 0.25) is 0 Å². The van der Waals surface area contributed by atoms with Crippen molar-refractivity contribution in [3.8, 4) is 0 Å². The van der Waals surface area contributed by atoms with E-state index >= 15 is 0 Å². The highest BCUT2D eigenvalue weighted by molar-refractivity contribution is 5.79. The van der Waals surface area contributed by atoms with Crippen molar-refractivity contribution in [1.29, 1.82) is 0 Å². The van der Waals surface area contributed by atoms with Crippen molar-refractivity contribution in [2.75, 3.05) is 0 Å². The first-order valence-corrected chi connectivity index (χ1v) is 11.2. The molecule has 6 unspecified atom stereocenters. The van der Waals surface area contributed by atoms with Gasteiger partial charge in [0.25, 0.3) is 0 Å². The number of cyclic esters (lactones) is 1. The van der Waals surface area contributed by atoms with E-state index in [0.29, 0.717) is 5.92 Å². The second kappa shape index (κ2) is 12.7. The van der Waals surface area contributed by atoms with Crippen LogP contribution in [0, 0.1) is 23.7 Å². The average Bonchev–Trinajstić information content (AvgIpc) is 2.97. The Kier molecular flexibility index (Phi) is 11.0. The molecule has 30 heavy (non-hydrogen) atoms. The topological polar surface area (TPSA) is 63.6 Å². The summed E-state index contributed by atoms with van der Waals surface area (Å²) in [6.07, 6.45) is 14.2. The second-order valence-corrected chi connectivity index (χ2v) is 8.82. The minimum absolute atomic E-state index is 0.0316. The van der Waals surface area contributed by atoms with Gasteiger partial charge in [0, 0.05) is 11.8 Å². The van der Waals surface area contributed by atoms with Gasteiger partial charge in [0.1, 0.15) is 11.9 Å². The number of allylic oxidation sites excluding steroid dienone is 5. The molecule has 1 saturated heterocycles. The molecule has 4 nitrogen and oxygen atoms in total. The van der Waals surface area contributed by atoms with Crippen LogP contribution in [0.3, 0.4) is 0 Å². The number of carbonyl (C=O) groups is 2. The molecular weight excluding hydrogens is 376 g/mol. The van der Waals surface area contributed by atoms with Crippen molar-refractivity contribution >= 4 is 11.8 Å². The van der Waals surface area contributed by atoms with Gasteiger partial charge in [-0.2, -0.15) is 0 Å². The molecule has 1 rings (SSSR count). The number of carbonyl (C=O) groups excluding carboxylic acids is 2. The van der Waals surface area contributed by atoms with Gasteiger partial charge in [0.2, 0.25) is 0 Å². The molecule has 0 aromatic carbocycles. The van der Waals surface area contributed by atoms with Crippen LogP contribution in [0.1, 0.15) is 67.7 Å². The molecule has 6 atom stereocenters. The molecule has 0 amide bonds. The zero-order chi connectivity index (χ0) is 22.8. The Morgan fingerprint density at radius 2 is 1.87 bits per heavy atom. The lowest BCUT2D eigenvalue weighted by molar-refractivity contribution is -0.142. The number of aliphatic hydroxyl groups excluding tert-OH is 1. The Labute approximate surface area is 182 Å². The summed E-state index contributed by atoms with van der Waals surface area (Å²) >= 11 is 0. The fraction of sp³-hybridized carbons (Fsp3) is 0.615. The predicted octanol–water partition coefficient (Wildman–Crippen LogP) is 5.58. The zero-order valence-electron chi connectivity index (χ0n) is 19.7. The number of hydrogen-bond acceptors (Lipinski definition) is 4. The Balaban J connectivity index is 2.78. The molecular formula is C26H40O4. The van der Waals surface area contributed by atoms with Crippen molar-refractivity contribution in [2.24, 2.45) is 23.7 Å². The molecule has 0 radical (unpaired) electrons. The van der Waals surface area contributed by atoms with Gasteiger partial charge in [-0.3, -0.25) is 9.59 Å². The van der Waals surface area contributed by atoms with E-state index in [-0.39, 0.29) is 29.7 Å². The molecule has 1 fully saturated rings. The first-order valence-electron chi connectivity index (χ1n) is 11.2. The van der Waals surface area contributed by atoms with Gasteiger partial charge in [-0.15, -0.1) is 0 Å². The predicted molar refractivity (Wildman–Crippen MR) is 123 cm³/mol. The Bertz CT molecular complexity index is 698. The number of unbranched alkanes of at least 4 members (excludes halogenated alkanes) is 1. The third-order valence-electron chi connectivity index (χ3n) is 5.97. The van der Waals surface area contributed by atoms with Crippen molar-refractivity contribution in [3.05, 3.63) is 47.6 Å². The summed E-state index contributed by atoms with van der Waals surface area (Å²) in [7, 11) is 0.